The fourth-order valence-electron chi connectivity index (χ4n) is 12.5. The number of cyclic esters (lactones) is 2. The van der Waals surface area contributed by atoms with Crippen molar-refractivity contribution in [3.63, 3.8) is 0 Å². The van der Waals surface area contributed by atoms with Crippen LogP contribution in [0.1, 0.15) is 131 Å². The number of aromatic nitrogens is 2. The number of carbonyl (C=O) groups is 12. The second-order valence-electron chi connectivity index (χ2n) is 26.1. The van der Waals surface area contributed by atoms with Crippen molar-refractivity contribution in [2.24, 2.45) is 11.8 Å². The Balaban J connectivity index is 0.000000291. The number of likely N-dealkylation sites (N-methyl/N-ethyl adjacent to an activating group) is 1. The molecule has 3 fully saturated rings. The molecule has 2 aromatic carbocycles. The van der Waals surface area contributed by atoms with Crippen molar-refractivity contribution in [2.45, 2.75) is 154 Å². The van der Waals surface area contributed by atoms with Gasteiger partial charge in [-0.25, -0.2) is 19.6 Å². The van der Waals surface area contributed by atoms with Gasteiger partial charge in [0.25, 0.3) is 11.8 Å². The van der Waals surface area contributed by atoms with Crippen molar-refractivity contribution >= 4 is 76.4 Å². The SMILES string of the molecule is CC1=C[C@@H](O)CC(=O)Cc2nc(co2)C(=O)N2CCC=C2C(=O)O[C@H](C(C)C)[C@H](C)/C=C/C(=O)NCC=C1.CC[C@H]1NC(=O)[C@@H](NC(=O)c2ncccc2O)[C@@H](C)OC(=O)[C@H](c2ccccc2)NC(=O)[C@@H]2CC(=O)CCN2C(=O)[C@H](Cc2ccc(N(C)C)cc2)N(C)C(=O)[C@@H]2CCCN2C1=O. The number of oxazole rings is 1. The van der Waals surface area contributed by atoms with Crippen molar-refractivity contribution < 1.29 is 81.6 Å². The monoisotopic (exact) mass is 1390 g/mol. The summed E-state index contributed by atoms with van der Waals surface area (Å²) >= 11 is 0. The highest BCUT2D eigenvalue weighted by Crippen LogP contribution is 2.29. The zero-order valence-electron chi connectivity index (χ0n) is 58.2. The molecule has 538 valence electrons. The van der Waals surface area contributed by atoms with Crippen molar-refractivity contribution in [1.82, 2.24) is 50.8 Å². The van der Waals surface area contributed by atoms with E-state index in [0.717, 1.165) is 17.5 Å². The van der Waals surface area contributed by atoms with Gasteiger partial charge in [0, 0.05) is 90.8 Å². The summed E-state index contributed by atoms with van der Waals surface area (Å²) in [5.41, 5.74) is 2.26. The molecule has 0 spiro atoms. The van der Waals surface area contributed by atoms with E-state index >= 15 is 0 Å². The van der Waals surface area contributed by atoms with E-state index in [0.29, 0.717) is 18.4 Å². The molecule has 5 aliphatic rings. The Morgan fingerprint density at radius 3 is 2.24 bits per heavy atom. The fourth-order valence-corrected chi connectivity index (χ4v) is 12.5. The van der Waals surface area contributed by atoms with Crippen molar-refractivity contribution in [3.8, 4) is 5.75 Å². The van der Waals surface area contributed by atoms with Gasteiger partial charge in [-0.15, -0.1) is 0 Å². The predicted octanol–water partition coefficient (Wildman–Crippen LogP) is 3.93. The molecule has 0 aliphatic carbocycles. The van der Waals surface area contributed by atoms with E-state index in [1.54, 1.807) is 74.6 Å². The summed E-state index contributed by atoms with van der Waals surface area (Å²) in [5, 5.41) is 31.2. The fraction of sp³-hybridized carbons (Fsp3) is 0.452. The maximum Gasteiger partial charge on any atom is 0.355 e. The number of hydrogen-bond acceptors (Lipinski definition) is 20. The second kappa shape index (κ2) is 34.9. The molecule has 2 bridgehead atoms. The molecular formula is C73H89N11O17. The third-order valence-corrected chi connectivity index (χ3v) is 18.0. The molecule has 0 unspecified atom stereocenters. The molecule has 6 N–H and O–H groups in total. The first-order valence-electron chi connectivity index (χ1n) is 33.8. The Kier molecular flexibility index (Phi) is 26.3. The van der Waals surface area contributed by atoms with Crippen molar-refractivity contribution in [2.75, 3.05) is 52.2 Å². The number of nitrogens with zero attached hydrogens (tertiary/aromatic N) is 7. The van der Waals surface area contributed by atoms with Crippen LogP contribution in [-0.4, -0.2) is 206 Å². The number of nitrogens with one attached hydrogen (secondary N) is 4. The van der Waals surface area contributed by atoms with Gasteiger partial charge in [-0.3, -0.25) is 47.9 Å². The highest BCUT2D eigenvalue weighted by molar-refractivity contribution is 6.02. The average molecular weight is 1390 g/mol. The van der Waals surface area contributed by atoms with Crippen LogP contribution in [0.25, 0.3) is 0 Å². The van der Waals surface area contributed by atoms with Crippen LogP contribution >= 0.6 is 0 Å². The maximum atomic E-state index is 15.0. The third kappa shape index (κ3) is 19.6. The highest BCUT2D eigenvalue weighted by atomic mass is 16.6. The topological polar surface area (TPSA) is 367 Å². The standard InChI is InChI=1S/C45H54N8O10.C28H35N3O7/c1-6-31-42(59)52-22-11-14-32(52)43(60)51(5)34(24-27-16-18-29(19-17-27)50(3)4)44(61)53-23-20-30(54)25-33(53)39(56)49-37(28-12-8-7-9-13-28)45(62)63-26(2)36(40(57)47-31)48-41(58)38-35(55)15-10-21-46-38;1-17(2)26-19(4)9-10-24(34)29-11-5-7-18(3)13-20(32)14-21(33)15-25-30-22(16-37-25)27(35)31-12-6-8-23(31)28(36)38-26/h7-10,12-13,15-19,21,26,31-34,36-37,55H,6,11,14,20,22-25H2,1-5H3,(H,47,57)(H,48,58)(H,49,56);5,7-10,13,16-17,19-20,26,32H,6,11-12,14-15H2,1-4H3,(H,29,34)/b;7-5?,10-9+,18-13?/t26-,31-,32+,33+,34+,36+,37+;19-,20-,26-/m11/s1. The molecule has 28 nitrogen and oxygen atoms in total. The summed E-state index contributed by atoms with van der Waals surface area (Å²) in [7, 11) is 5.25. The highest BCUT2D eigenvalue weighted by Gasteiger charge is 2.46. The lowest BCUT2D eigenvalue weighted by molar-refractivity contribution is -0.157. The van der Waals surface area contributed by atoms with Crippen LogP contribution in [0.3, 0.4) is 0 Å². The van der Waals surface area contributed by atoms with Gasteiger partial charge in [0.15, 0.2) is 17.4 Å². The molecule has 101 heavy (non-hydrogen) atoms. The number of aliphatic hydroxyl groups excluding tert-OH is 1. The number of pyridine rings is 1. The van der Waals surface area contributed by atoms with E-state index in [-0.39, 0.29) is 123 Å². The number of hydrogen-bond donors (Lipinski definition) is 6. The smallest absolute Gasteiger partial charge is 0.355 e. The van der Waals surface area contributed by atoms with Crippen LogP contribution in [0.2, 0.25) is 0 Å². The van der Waals surface area contributed by atoms with Crippen molar-refractivity contribution in [3.05, 3.63) is 155 Å². The van der Waals surface area contributed by atoms with Crippen LogP contribution in [0.15, 0.2) is 131 Å². The molecule has 0 saturated carbocycles. The molecule has 5 aliphatic heterocycles. The molecule has 4 aromatic rings. The summed E-state index contributed by atoms with van der Waals surface area (Å²) in [6.45, 7) is 11.0. The summed E-state index contributed by atoms with van der Waals surface area (Å²) in [4.78, 5) is 180. The van der Waals surface area contributed by atoms with Gasteiger partial charge in [0.1, 0.15) is 71.7 Å². The number of benzene rings is 2. The second-order valence-corrected chi connectivity index (χ2v) is 26.1. The number of allylic oxidation sites excluding steroid dienone is 2. The van der Waals surface area contributed by atoms with Crippen molar-refractivity contribution in [1.29, 1.82) is 0 Å². The number of fused-ring (bicyclic) bond motifs is 5. The molecule has 0 radical (unpaired) electrons. The number of ether oxygens (including phenoxy) is 2. The lowest BCUT2D eigenvalue weighted by Gasteiger charge is -2.40. The Morgan fingerprint density at radius 2 is 1.54 bits per heavy atom. The Labute approximate surface area is 585 Å². The number of aromatic hydroxyl groups is 1. The Morgan fingerprint density at radius 1 is 0.822 bits per heavy atom. The number of Topliss-reactive ketones (excluding diaryl/α,β-unsaturated/α-hetero) is 2. The normalized spacial score (nSPS) is 25.4. The minimum absolute atomic E-state index is 0.0299. The van der Waals surface area contributed by atoms with Gasteiger partial charge in [-0.2, -0.15) is 0 Å². The van der Waals surface area contributed by atoms with Gasteiger partial charge in [-0.05, 0) is 86.9 Å². The van der Waals surface area contributed by atoms with E-state index in [9.17, 15) is 67.7 Å². The molecule has 28 heteroatoms. The van der Waals surface area contributed by atoms with E-state index in [1.165, 1.54) is 58.0 Å². The minimum atomic E-state index is -1.68. The van der Waals surface area contributed by atoms with E-state index in [2.05, 4.69) is 31.2 Å². The molecule has 3 saturated heterocycles. The minimum Gasteiger partial charge on any atom is -0.505 e. The molecule has 8 amide bonds. The molecular weight excluding hydrogens is 1300 g/mol. The van der Waals surface area contributed by atoms with Gasteiger partial charge in [0.05, 0.1) is 12.5 Å². The van der Waals surface area contributed by atoms with E-state index < -0.39 is 119 Å². The van der Waals surface area contributed by atoms with Gasteiger partial charge in [-0.1, -0.05) is 106 Å². The zero-order chi connectivity index (χ0) is 73.4. The molecule has 10 atom stereocenters. The van der Waals surface area contributed by atoms with Gasteiger partial charge < -0.3 is 69.9 Å². The predicted molar refractivity (Wildman–Crippen MR) is 366 cm³/mol. The number of ketones is 2. The number of piperidine rings is 1. The van der Waals surface area contributed by atoms with Crippen LogP contribution in [-0.2, 0) is 70.3 Å². The average Bonchev–Trinajstić information content (AvgIpc) is 1.79. The van der Waals surface area contributed by atoms with Crippen LogP contribution in [0.4, 0.5) is 5.69 Å². The van der Waals surface area contributed by atoms with Crippen LogP contribution in [0, 0.1) is 11.8 Å². The number of carbonyl (C=O) groups excluding carboxylic acids is 12. The first-order valence-corrected chi connectivity index (χ1v) is 33.8. The first kappa shape index (κ1) is 76.1. The first-order chi connectivity index (χ1) is 48.1. The third-order valence-electron chi connectivity index (χ3n) is 18.0. The number of esters is 2. The van der Waals surface area contributed by atoms with Crippen LogP contribution in [0.5, 0.6) is 5.75 Å². The Hall–Kier alpha value is -10.6. The van der Waals surface area contributed by atoms with E-state index in [4.69, 9.17) is 13.9 Å². The summed E-state index contributed by atoms with van der Waals surface area (Å²) in [5.74, 6) is -8.40. The largest absolute Gasteiger partial charge is 0.505 e. The quantitative estimate of drug-likeness (QED) is 0.136. The Bertz CT molecular complexity index is 3860. The molecule has 7 heterocycles. The zero-order valence-corrected chi connectivity index (χ0v) is 58.2. The number of aliphatic hydroxyl groups is 1. The lowest BCUT2D eigenvalue weighted by Crippen LogP contribution is -2.61. The maximum absolute atomic E-state index is 15.0. The van der Waals surface area contributed by atoms with Gasteiger partial charge in [0.2, 0.25) is 41.3 Å². The molecule has 2 aromatic heterocycles. The summed E-state index contributed by atoms with van der Waals surface area (Å²) in [6.07, 6.45) is 9.66. The number of rotatable bonds is 8. The lowest BCUT2D eigenvalue weighted by atomic mass is 9.94. The molecule has 9 rings (SSSR count). The van der Waals surface area contributed by atoms with E-state index in [1.807, 2.05) is 64.0 Å². The number of anilines is 1. The van der Waals surface area contributed by atoms with Crippen LogP contribution < -0.4 is 26.2 Å². The number of amides is 8. The summed E-state index contributed by atoms with van der Waals surface area (Å²) in [6, 6.07) is 10.1. The summed E-state index contributed by atoms with van der Waals surface area (Å²) < 4.78 is 17.0. The van der Waals surface area contributed by atoms with Gasteiger partial charge >= 0.3 is 11.9 Å².